The fourth-order valence-electron chi connectivity index (χ4n) is 2.37. The van der Waals surface area contributed by atoms with Crippen LogP contribution in [0, 0.1) is 0 Å². The standard InChI is InChI=1S/C14H20BrN3O/c1-17-7-6-16-13(9-17)10-18(2)14(19)11-4-3-5-12(15)8-11/h3-5,8,13,16H,6-7,9-10H2,1-2H3. The zero-order valence-electron chi connectivity index (χ0n) is 11.4. The lowest BCUT2D eigenvalue weighted by atomic mass is 10.1. The molecule has 0 aromatic heterocycles. The fraction of sp³-hybridized carbons (Fsp3) is 0.500. The van der Waals surface area contributed by atoms with Gasteiger partial charge in [-0.15, -0.1) is 0 Å². The summed E-state index contributed by atoms with van der Waals surface area (Å²) in [7, 11) is 3.98. The van der Waals surface area contributed by atoms with Gasteiger partial charge in [0.15, 0.2) is 0 Å². The predicted molar refractivity (Wildman–Crippen MR) is 80.4 cm³/mol. The Kier molecular flexibility index (Phi) is 4.96. The first kappa shape index (κ1) is 14.5. The van der Waals surface area contributed by atoms with Crippen molar-refractivity contribution in [3.05, 3.63) is 34.3 Å². The van der Waals surface area contributed by atoms with Crippen LogP contribution >= 0.6 is 15.9 Å². The number of nitrogens with one attached hydrogen (secondary N) is 1. The maximum absolute atomic E-state index is 12.3. The SMILES string of the molecule is CN1CCNC(CN(C)C(=O)c2cccc(Br)c2)C1. The molecule has 0 aliphatic carbocycles. The lowest BCUT2D eigenvalue weighted by molar-refractivity contribution is 0.0764. The Morgan fingerprint density at radius 3 is 3.05 bits per heavy atom. The lowest BCUT2D eigenvalue weighted by Crippen LogP contribution is -2.53. The number of likely N-dealkylation sites (N-methyl/N-ethyl adjacent to an activating group) is 2. The van der Waals surface area contributed by atoms with E-state index in [9.17, 15) is 4.79 Å². The molecule has 1 atom stereocenters. The fourth-order valence-corrected chi connectivity index (χ4v) is 2.77. The van der Waals surface area contributed by atoms with Gasteiger partial charge in [0.05, 0.1) is 0 Å². The van der Waals surface area contributed by atoms with Crippen LogP contribution < -0.4 is 5.32 Å². The molecule has 1 aliphatic heterocycles. The van der Waals surface area contributed by atoms with Gasteiger partial charge in [-0.1, -0.05) is 22.0 Å². The van der Waals surface area contributed by atoms with E-state index < -0.39 is 0 Å². The Bertz CT molecular complexity index is 452. The monoisotopic (exact) mass is 325 g/mol. The zero-order chi connectivity index (χ0) is 13.8. The maximum atomic E-state index is 12.3. The second-order valence-electron chi connectivity index (χ2n) is 5.11. The molecule has 1 aliphatic rings. The number of hydrogen-bond acceptors (Lipinski definition) is 3. The molecule has 5 heteroatoms. The molecule has 0 bridgehead atoms. The molecule has 1 fully saturated rings. The average molecular weight is 326 g/mol. The highest BCUT2D eigenvalue weighted by molar-refractivity contribution is 9.10. The number of rotatable bonds is 3. The normalized spacial score (nSPS) is 20.3. The summed E-state index contributed by atoms with van der Waals surface area (Å²) in [6.07, 6.45) is 0. The molecule has 0 radical (unpaired) electrons. The Morgan fingerprint density at radius 2 is 2.37 bits per heavy atom. The number of benzene rings is 1. The molecule has 0 spiro atoms. The van der Waals surface area contributed by atoms with Crippen LogP contribution in [0.1, 0.15) is 10.4 Å². The van der Waals surface area contributed by atoms with Crippen LogP contribution in [-0.4, -0.2) is 62.0 Å². The summed E-state index contributed by atoms with van der Waals surface area (Å²) in [6, 6.07) is 7.87. The van der Waals surface area contributed by atoms with Crippen LogP contribution in [-0.2, 0) is 0 Å². The van der Waals surface area contributed by atoms with E-state index in [0.29, 0.717) is 6.04 Å². The lowest BCUT2D eigenvalue weighted by Gasteiger charge is -2.33. The van der Waals surface area contributed by atoms with Gasteiger partial charge in [0.1, 0.15) is 0 Å². The average Bonchev–Trinajstić information content (AvgIpc) is 2.38. The Balaban J connectivity index is 1.95. The summed E-state index contributed by atoms with van der Waals surface area (Å²) >= 11 is 3.40. The largest absolute Gasteiger partial charge is 0.340 e. The highest BCUT2D eigenvalue weighted by atomic mass is 79.9. The molecule has 1 N–H and O–H groups in total. The van der Waals surface area contributed by atoms with Gasteiger partial charge in [-0.3, -0.25) is 4.79 Å². The van der Waals surface area contributed by atoms with Gasteiger partial charge in [-0.05, 0) is 25.2 Å². The van der Waals surface area contributed by atoms with Gasteiger partial charge < -0.3 is 15.1 Å². The molecule has 19 heavy (non-hydrogen) atoms. The van der Waals surface area contributed by atoms with E-state index in [-0.39, 0.29) is 5.91 Å². The van der Waals surface area contributed by atoms with Crippen LogP contribution in [0.5, 0.6) is 0 Å². The van der Waals surface area contributed by atoms with Crippen molar-refractivity contribution >= 4 is 21.8 Å². The minimum absolute atomic E-state index is 0.0660. The molecule has 1 aromatic rings. The van der Waals surface area contributed by atoms with Crippen LogP contribution in [0.2, 0.25) is 0 Å². The molecule has 4 nitrogen and oxygen atoms in total. The van der Waals surface area contributed by atoms with Gasteiger partial charge >= 0.3 is 0 Å². The van der Waals surface area contributed by atoms with Gasteiger partial charge in [0.2, 0.25) is 0 Å². The van der Waals surface area contributed by atoms with E-state index in [1.54, 1.807) is 4.90 Å². The molecule has 1 amide bonds. The van der Waals surface area contributed by atoms with Crippen molar-refractivity contribution in [1.29, 1.82) is 0 Å². The maximum Gasteiger partial charge on any atom is 0.253 e. The molecule has 2 rings (SSSR count). The van der Waals surface area contributed by atoms with Crippen molar-refractivity contribution in [2.24, 2.45) is 0 Å². The van der Waals surface area contributed by atoms with Crippen LogP contribution in [0.3, 0.4) is 0 Å². The third-order valence-electron chi connectivity index (χ3n) is 3.37. The number of halogens is 1. The third kappa shape index (κ3) is 4.03. The molecular formula is C14H20BrN3O. The first-order chi connectivity index (χ1) is 9.06. The molecule has 1 saturated heterocycles. The van der Waals surface area contributed by atoms with E-state index in [1.165, 1.54) is 0 Å². The number of piperazine rings is 1. The number of nitrogens with zero attached hydrogens (tertiary/aromatic N) is 2. The summed E-state index contributed by atoms with van der Waals surface area (Å²) in [5.74, 6) is 0.0660. The molecule has 1 heterocycles. The second kappa shape index (κ2) is 6.50. The summed E-state index contributed by atoms with van der Waals surface area (Å²) in [6.45, 7) is 3.77. The van der Waals surface area contributed by atoms with Gasteiger partial charge in [-0.2, -0.15) is 0 Å². The predicted octanol–water partition coefficient (Wildman–Crippen LogP) is 1.42. The van der Waals surface area contributed by atoms with Crippen LogP contribution in [0.25, 0.3) is 0 Å². The Labute approximate surface area is 122 Å². The minimum Gasteiger partial charge on any atom is -0.340 e. The van der Waals surface area contributed by atoms with E-state index in [0.717, 1.165) is 36.2 Å². The Morgan fingerprint density at radius 1 is 1.58 bits per heavy atom. The van der Waals surface area contributed by atoms with Crippen molar-refractivity contribution in [3.8, 4) is 0 Å². The summed E-state index contributed by atoms with van der Waals surface area (Å²) in [4.78, 5) is 16.4. The van der Waals surface area contributed by atoms with Crippen molar-refractivity contribution < 1.29 is 4.79 Å². The number of carbonyl (C=O) groups is 1. The van der Waals surface area contributed by atoms with Crippen molar-refractivity contribution in [1.82, 2.24) is 15.1 Å². The number of carbonyl (C=O) groups excluding carboxylic acids is 1. The molecular weight excluding hydrogens is 306 g/mol. The quantitative estimate of drug-likeness (QED) is 0.913. The zero-order valence-corrected chi connectivity index (χ0v) is 13.0. The van der Waals surface area contributed by atoms with E-state index >= 15 is 0 Å². The molecule has 0 saturated carbocycles. The second-order valence-corrected chi connectivity index (χ2v) is 6.02. The van der Waals surface area contributed by atoms with Gasteiger partial charge in [0.25, 0.3) is 5.91 Å². The van der Waals surface area contributed by atoms with Gasteiger partial charge in [-0.25, -0.2) is 0 Å². The highest BCUT2D eigenvalue weighted by Crippen LogP contribution is 2.13. The first-order valence-corrected chi connectivity index (χ1v) is 7.28. The van der Waals surface area contributed by atoms with Crippen molar-refractivity contribution in [2.75, 3.05) is 40.3 Å². The first-order valence-electron chi connectivity index (χ1n) is 6.49. The molecule has 1 aromatic carbocycles. The topological polar surface area (TPSA) is 35.6 Å². The van der Waals surface area contributed by atoms with Gasteiger partial charge in [0, 0.05) is 49.3 Å². The molecule has 1 unspecified atom stereocenters. The van der Waals surface area contributed by atoms with E-state index in [2.05, 4.69) is 33.2 Å². The molecule has 104 valence electrons. The summed E-state index contributed by atoms with van der Waals surface area (Å²) in [5, 5.41) is 3.45. The highest BCUT2D eigenvalue weighted by Gasteiger charge is 2.20. The van der Waals surface area contributed by atoms with Crippen LogP contribution in [0.4, 0.5) is 0 Å². The van der Waals surface area contributed by atoms with E-state index in [1.807, 2.05) is 31.3 Å². The smallest absolute Gasteiger partial charge is 0.253 e. The summed E-state index contributed by atoms with van der Waals surface area (Å²) < 4.78 is 0.933. The number of amides is 1. The Hall–Kier alpha value is -0.910. The minimum atomic E-state index is 0.0660. The van der Waals surface area contributed by atoms with E-state index in [4.69, 9.17) is 0 Å². The van der Waals surface area contributed by atoms with Crippen molar-refractivity contribution in [3.63, 3.8) is 0 Å². The van der Waals surface area contributed by atoms with Crippen LogP contribution in [0.15, 0.2) is 28.7 Å². The third-order valence-corrected chi connectivity index (χ3v) is 3.86. The summed E-state index contributed by atoms with van der Waals surface area (Å²) in [5.41, 5.74) is 0.723. The number of hydrogen-bond donors (Lipinski definition) is 1. The van der Waals surface area contributed by atoms with Crippen molar-refractivity contribution in [2.45, 2.75) is 6.04 Å².